The normalized spacial score (nSPS) is 38.5. The monoisotopic (exact) mass is 591 g/mol. The Bertz CT molecular complexity index is 1210. The number of halogens is 1. The van der Waals surface area contributed by atoms with Gasteiger partial charge in [-0.1, -0.05) is 25.5 Å². The summed E-state index contributed by atoms with van der Waals surface area (Å²) in [5.41, 5.74) is -5.71. The Labute approximate surface area is 244 Å². The van der Waals surface area contributed by atoms with Gasteiger partial charge >= 0.3 is 11.9 Å². The summed E-state index contributed by atoms with van der Waals surface area (Å²) in [6.07, 6.45) is 4.25. The fraction of sp³-hybridized carbons (Fsp3) is 0.710. The van der Waals surface area contributed by atoms with Gasteiger partial charge in [0.2, 0.25) is 11.7 Å². The predicted molar refractivity (Wildman–Crippen MR) is 148 cm³/mol. The highest BCUT2D eigenvalue weighted by Gasteiger charge is 2.75. The van der Waals surface area contributed by atoms with Crippen molar-refractivity contribution in [1.29, 1.82) is 0 Å². The average Bonchev–Trinajstić information content (AvgIpc) is 3.12. The number of hydrogen-bond acceptors (Lipinski definition) is 8. The number of fused-ring (bicyclic) bond motifs is 5. The Morgan fingerprint density at radius 1 is 1.12 bits per heavy atom. The minimum absolute atomic E-state index is 0.0638. The zero-order chi connectivity index (χ0) is 31.1. The number of carbonyl (C=O) groups is 5. The summed E-state index contributed by atoms with van der Waals surface area (Å²) in [6, 6.07) is 0. The van der Waals surface area contributed by atoms with Crippen molar-refractivity contribution < 1.29 is 48.4 Å². The molecule has 4 N–H and O–H groups in total. The first-order chi connectivity index (χ1) is 19.6. The SMILES string of the molecule is CC1CC2C3CCC4=CC(=O)C=CC4(C)C3(F)C(O)CC2(C)C1(O)C(=O)COC(=O)CCCNC(=O)CCCC(=O)O. The molecule has 4 aliphatic carbocycles. The van der Waals surface area contributed by atoms with Crippen molar-refractivity contribution in [3.63, 3.8) is 0 Å². The van der Waals surface area contributed by atoms with Crippen LogP contribution in [0.2, 0.25) is 0 Å². The summed E-state index contributed by atoms with van der Waals surface area (Å²) in [6.45, 7) is 4.67. The Hall–Kier alpha value is -2.92. The van der Waals surface area contributed by atoms with Crippen LogP contribution in [-0.2, 0) is 28.7 Å². The maximum Gasteiger partial charge on any atom is 0.306 e. The number of nitrogens with one attached hydrogen (secondary N) is 1. The van der Waals surface area contributed by atoms with Gasteiger partial charge < -0.3 is 25.4 Å². The van der Waals surface area contributed by atoms with Crippen LogP contribution in [0.5, 0.6) is 0 Å². The molecule has 8 atom stereocenters. The third-order valence-corrected chi connectivity index (χ3v) is 10.7. The van der Waals surface area contributed by atoms with E-state index in [9.17, 15) is 34.2 Å². The maximum atomic E-state index is 17.3. The highest BCUT2D eigenvalue weighted by atomic mass is 19.1. The van der Waals surface area contributed by atoms with Gasteiger partial charge in [-0.2, -0.15) is 0 Å². The highest BCUT2D eigenvalue weighted by molar-refractivity contribution is 6.01. The van der Waals surface area contributed by atoms with Crippen molar-refractivity contribution in [3.8, 4) is 0 Å². The van der Waals surface area contributed by atoms with Crippen LogP contribution in [0.25, 0.3) is 0 Å². The molecule has 0 aromatic rings. The van der Waals surface area contributed by atoms with E-state index < -0.39 is 70.3 Å². The number of amides is 1. The van der Waals surface area contributed by atoms with Gasteiger partial charge in [0.05, 0.1) is 6.10 Å². The zero-order valence-electron chi connectivity index (χ0n) is 24.5. The Balaban J connectivity index is 1.38. The molecule has 0 spiro atoms. The minimum Gasteiger partial charge on any atom is -0.481 e. The van der Waals surface area contributed by atoms with Crippen molar-refractivity contribution in [3.05, 3.63) is 23.8 Å². The number of ketones is 2. The average molecular weight is 592 g/mol. The van der Waals surface area contributed by atoms with Crippen molar-refractivity contribution in [2.24, 2.45) is 28.6 Å². The van der Waals surface area contributed by atoms with E-state index >= 15 is 4.39 Å². The van der Waals surface area contributed by atoms with E-state index in [1.165, 1.54) is 12.2 Å². The number of Topliss-reactive ketones (excluding diaryl/α,β-unsaturated/α-hetero) is 1. The quantitative estimate of drug-likeness (QED) is 0.209. The number of hydrogen-bond donors (Lipinski definition) is 4. The van der Waals surface area contributed by atoms with Crippen LogP contribution in [0.3, 0.4) is 0 Å². The highest BCUT2D eigenvalue weighted by Crippen LogP contribution is 2.70. The summed E-state index contributed by atoms with van der Waals surface area (Å²) in [5, 5.41) is 34.6. The van der Waals surface area contributed by atoms with Gasteiger partial charge in [0, 0.05) is 42.6 Å². The lowest BCUT2D eigenvalue weighted by molar-refractivity contribution is -0.220. The molecule has 42 heavy (non-hydrogen) atoms. The lowest BCUT2D eigenvalue weighted by Gasteiger charge is -2.62. The number of aliphatic hydroxyl groups excluding tert-OH is 1. The van der Waals surface area contributed by atoms with Gasteiger partial charge in [-0.15, -0.1) is 0 Å². The van der Waals surface area contributed by atoms with Gasteiger partial charge in [0.1, 0.15) is 5.60 Å². The van der Waals surface area contributed by atoms with E-state index in [2.05, 4.69) is 5.32 Å². The number of esters is 1. The van der Waals surface area contributed by atoms with Gasteiger partial charge in [0.25, 0.3) is 0 Å². The third kappa shape index (κ3) is 5.12. The molecule has 3 fully saturated rings. The van der Waals surface area contributed by atoms with Gasteiger partial charge in [-0.3, -0.25) is 24.0 Å². The number of carboxylic acids is 1. The largest absolute Gasteiger partial charge is 0.481 e. The second-order valence-electron chi connectivity index (χ2n) is 13.0. The summed E-state index contributed by atoms with van der Waals surface area (Å²) < 4.78 is 22.4. The maximum absolute atomic E-state index is 17.3. The number of aliphatic hydroxyl groups is 2. The molecule has 1 amide bonds. The molecule has 11 heteroatoms. The Kier molecular flexibility index (Phi) is 8.87. The summed E-state index contributed by atoms with van der Waals surface area (Å²) >= 11 is 0. The van der Waals surface area contributed by atoms with Crippen molar-refractivity contribution in [2.45, 2.75) is 95.9 Å². The number of aliphatic carboxylic acids is 1. The van der Waals surface area contributed by atoms with Crippen molar-refractivity contribution in [1.82, 2.24) is 5.32 Å². The minimum atomic E-state index is -2.08. The molecule has 4 rings (SSSR count). The lowest BCUT2D eigenvalue weighted by Crippen LogP contribution is -2.69. The van der Waals surface area contributed by atoms with E-state index in [0.29, 0.717) is 24.8 Å². The lowest BCUT2D eigenvalue weighted by atomic mass is 9.44. The second kappa shape index (κ2) is 11.6. The van der Waals surface area contributed by atoms with E-state index in [-0.39, 0.29) is 56.8 Å². The first-order valence-corrected chi connectivity index (χ1v) is 14.8. The summed E-state index contributed by atoms with van der Waals surface area (Å²) in [4.78, 5) is 60.1. The first kappa shape index (κ1) is 32.0. The van der Waals surface area contributed by atoms with Crippen LogP contribution in [-0.4, -0.2) is 75.3 Å². The van der Waals surface area contributed by atoms with Crippen LogP contribution in [0.15, 0.2) is 23.8 Å². The number of alkyl halides is 1. The second-order valence-corrected chi connectivity index (χ2v) is 13.0. The van der Waals surface area contributed by atoms with Crippen LogP contribution >= 0.6 is 0 Å². The summed E-state index contributed by atoms with van der Waals surface area (Å²) in [7, 11) is 0. The molecule has 0 aromatic heterocycles. The summed E-state index contributed by atoms with van der Waals surface area (Å²) in [5.74, 6) is -4.52. The van der Waals surface area contributed by atoms with E-state index in [4.69, 9.17) is 9.84 Å². The Morgan fingerprint density at radius 3 is 2.52 bits per heavy atom. The van der Waals surface area contributed by atoms with Gasteiger partial charge in [-0.05, 0) is 69.4 Å². The smallest absolute Gasteiger partial charge is 0.306 e. The molecule has 10 nitrogen and oxygen atoms in total. The van der Waals surface area contributed by atoms with Crippen LogP contribution in [0.1, 0.15) is 78.6 Å². The first-order valence-electron chi connectivity index (χ1n) is 14.8. The van der Waals surface area contributed by atoms with E-state index in [0.717, 1.165) is 0 Å². The molecule has 0 heterocycles. The predicted octanol–water partition coefficient (Wildman–Crippen LogP) is 2.60. The van der Waals surface area contributed by atoms with Crippen molar-refractivity contribution in [2.75, 3.05) is 13.2 Å². The molecule has 4 aliphatic rings. The molecule has 3 saturated carbocycles. The fourth-order valence-electron chi connectivity index (χ4n) is 8.42. The van der Waals surface area contributed by atoms with Crippen LogP contribution in [0, 0.1) is 28.6 Å². The standard InChI is InChI=1S/C31H42FNO9/c1-18-14-22-21-10-9-19-15-20(34)11-12-28(19,2)30(21,32)23(35)16-29(22,3)31(18,41)24(36)17-42-27(40)8-5-13-33-25(37)6-4-7-26(38)39/h11-12,15,18,21-23,35,41H,4-10,13-14,16-17H2,1-3H3,(H,33,37)(H,38,39). The molecular formula is C31H42FNO9. The third-order valence-electron chi connectivity index (χ3n) is 10.7. The number of allylic oxidation sites excluding steroid dienone is 4. The zero-order valence-corrected chi connectivity index (χ0v) is 24.5. The van der Waals surface area contributed by atoms with Crippen LogP contribution < -0.4 is 5.32 Å². The fourth-order valence-corrected chi connectivity index (χ4v) is 8.42. The molecule has 232 valence electrons. The number of ether oxygens (including phenoxy) is 1. The van der Waals surface area contributed by atoms with Gasteiger partial charge in [-0.25, -0.2) is 4.39 Å². The molecule has 0 aromatic carbocycles. The molecule has 0 saturated heterocycles. The molecule has 0 bridgehead atoms. The topological polar surface area (TPSA) is 167 Å². The molecular weight excluding hydrogens is 549 g/mol. The van der Waals surface area contributed by atoms with Gasteiger partial charge in [0.15, 0.2) is 18.1 Å². The van der Waals surface area contributed by atoms with E-state index in [1.54, 1.807) is 26.8 Å². The molecule has 0 aliphatic heterocycles. The number of carbonyl (C=O) groups excluding carboxylic acids is 4. The Morgan fingerprint density at radius 2 is 1.83 bits per heavy atom. The number of rotatable bonds is 11. The van der Waals surface area contributed by atoms with Crippen LogP contribution in [0.4, 0.5) is 4.39 Å². The number of carboxylic acid groups (broad SMARTS) is 1. The van der Waals surface area contributed by atoms with Crippen molar-refractivity contribution >= 4 is 29.4 Å². The van der Waals surface area contributed by atoms with E-state index in [1.807, 2.05) is 0 Å². The molecule has 8 unspecified atom stereocenters. The molecule has 0 radical (unpaired) electrons.